The van der Waals surface area contributed by atoms with Gasteiger partial charge in [0.05, 0.1) is 26.3 Å². The molecule has 1 unspecified atom stereocenters. The molecule has 24 heavy (non-hydrogen) atoms. The van der Waals surface area contributed by atoms with Crippen molar-refractivity contribution in [1.29, 1.82) is 5.26 Å². The van der Waals surface area contributed by atoms with Gasteiger partial charge in [-0.05, 0) is 32.9 Å². The number of nitriles is 1. The topological polar surface area (TPSA) is 95.6 Å². The number of methoxy groups -OCH3 is 1. The lowest BCUT2D eigenvalue weighted by molar-refractivity contribution is -0.123. The first-order valence-electron chi connectivity index (χ1n) is 7.71. The molecule has 0 aliphatic heterocycles. The number of nitrogens with zero attached hydrogens (tertiary/aromatic N) is 2. The Labute approximate surface area is 142 Å². The largest absolute Gasteiger partial charge is 0.465 e. The second kappa shape index (κ2) is 7.97. The molecule has 7 heteroatoms. The molecule has 132 valence electrons. The number of nitrogens with one attached hydrogen (secondary N) is 1. The molecule has 1 aromatic heterocycles. The van der Waals surface area contributed by atoms with Crippen LogP contribution < -0.4 is 5.32 Å². The van der Waals surface area contributed by atoms with E-state index in [1.165, 1.54) is 7.11 Å². The summed E-state index contributed by atoms with van der Waals surface area (Å²) in [7, 11) is 3.07. The van der Waals surface area contributed by atoms with E-state index >= 15 is 0 Å². The maximum atomic E-state index is 12.1. The van der Waals surface area contributed by atoms with Crippen molar-refractivity contribution in [2.24, 2.45) is 5.92 Å². The normalized spacial score (nSPS) is 13.5. The standard InChI is InChI=1S/C17H25N3O4/c1-11(2)17(4,10-18)19-15(21)9-20(5)8-13-7-14(12(3)24-13)16(22)23-6/h7,11H,8-9H2,1-6H3,(H,19,21). The van der Waals surface area contributed by atoms with E-state index in [9.17, 15) is 14.9 Å². The first kappa shape index (κ1) is 19.7. The molecule has 1 rings (SSSR count). The maximum Gasteiger partial charge on any atom is 0.341 e. The lowest BCUT2D eigenvalue weighted by Crippen LogP contribution is -2.51. The molecule has 1 aromatic rings. The summed E-state index contributed by atoms with van der Waals surface area (Å²) in [6.07, 6.45) is 0. The monoisotopic (exact) mass is 335 g/mol. The van der Waals surface area contributed by atoms with Gasteiger partial charge in [0.1, 0.15) is 22.6 Å². The van der Waals surface area contributed by atoms with Gasteiger partial charge in [0, 0.05) is 0 Å². The third-order valence-electron chi connectivity index (χ3n) is 4.00. The molecule has 0 saturated heterocycles. The molecule has 0 bridgehead atoms. The van der Waals surface area contributed by atoms with Crippen LogP contribution in [-0.4, -0.2) is 43.0 Å². The van der Waals surface area contributed by atoms with Crippen molar-refractivity contribution in [2.75, 3.05) is 20.7 Å². The van der Waals surface area contributed by atoms with Crippen molar-refractivity contribution in [3.63, 3.8) is 0 Å². The van der Waals surface area contributed by atoms with Crippen molar-refractivity contribution < 1.29 is 18.7 Å². The number of carbonyl (C=O) groups excluding carboxylic acids is 2. The molecule has 0 fully saturated rings. The summed E-state index contributed by atoms with van der Waals surface area (Å²) in [5.41, 5.74) is -0.528. The summed E-state index contributed by atoms with van der Waals surface area (Å²) in [5, 5.41) is 12.0. The maximum absolute atomic E-state index is 12.1. The summed E-state index contributed by atoms with van der Waals surface area (Å²) in [6, 6.07) is 3.76. The van der Waals surface area contributed by atoms with Gasteiger partial charge >= 0.3 is 5.97 Å². The number of ether oxygens (including phenoxy) is 1. The van der Waals surface area contributed by atoms with Crippen molar-refractivity contribution in [1.82, 2.24) is 10.2 Å². The first-order chi connectivity index (χ1) is 11.1. The Kier molecular flexibility index (Phi) is 6.55. The number of hydrogen-bond acceptors (Lipinski definition) is 6. The lowest BCUT2D eigenvalue weighted by Gasteiger charge is -2.28. The number of likely N-dealkylation sites (N-methyl/N-ethyl adjacent to an activating group) is 1. The van der Waals surface area contributed by atoms with Gasteiger partial charge in [-0.2, -0.15) is 5.26 Å². The number of rotatable bonds is 7. The zero-order chi connectivity index (χ0) is 18.5. The van der Waals surface area contributed by atoms with E-state index < -0.39 is 11.5 Å². The van der Waals surface area contributed by atoms with E-state index in [0.29, 0.717) is 23.6 Å². The molecule has 0 aliphatic carbocycles. The Morgan fingerprint density at radius 2 is 2.12 bits per heavy atom. The minimum atomic E-state index is -0.906. The number of hydrogen-bond donors (Lipinski definition) is 1. The molecule has 7 nitrogen and oxygen atoms in total. The van der Waals surface area contributed by atoms with Crippen molar-refractivity contribution in [2.45, 2.75) is 39.8 Å². The molecule has 0 aromatic carbocycles. The summed E-state index contributed by atoms with van der Waals surface area (Å²) >= 11 is 0. The fourth-order valence-corrected chi connectivity index (χ4v) is 2.13. The van der Waals surface area contributed by atoms with Gasteiger partial charge in [0.25, 0.3) is 0 Å². The quantitative estimate of drug-likeness (QED) is 0.764. The van der Waals surface area contributed by atoms with Crippen molar-refractivity contribution in [3.05, 3.63) is 23.2 Å². The Balaban J connectivity index is 2.67. The number of carbonyl (C=O) groups is 2. The second-order valence-corrected chi connectivity index (χ2v) is 6.36. The first-order valence-corrected chi connectivity index (χ1v) is 7.71. The fraction of sp³-hybridized carbons (Fsp3) is 0.588. The zero-order valence-corrected chi connectivity index (χ0v) is 15.1. The van der Waals surface area contributed by atoms with Crippen molar-refractivity contribution in [3.8, 4) is 6.07 Å². The van der Waals surface area contributed by atoms with Crippen LogP contribution in [-0.2, 0) is 16.1 Å². The smallest absolute Gasteiger partial charge is 0.341 e. The molecular formula is C17H25N3O4. The van der Waals surface area contributed by atoms with Gasteiger partial charge in [-0.1, -0.05) is 13.8 Å². The van der Waals surface area contributed by atoms with E-state index in [0.717, 1.165) is 0 Å². The predicted molar refractivity (Wildman–Crippen MR) is 88.1 cm³/mol. The second-order valence-electron chi connectivity index (χ2n) is 6.36. The molecule has 0 aliphatic rings. The van der Waals surface area contributed by atoms with Crippen LogP contribution in [0.1, 0.15) is 42.6 Å². The van der Waals surface area contributed by atoms with E-state index in [1.807, 2.05) is 13.8 Å². The Hall–Kier alpha value is -2.33. The Morgan fingerprint density at radius 1 is 1.50 bits per heavy atom. The van der Waals surface area contributed by atoms with Gasteiger partial charge in [0.15, 0.2) is 0 Å². The number of aryl methyl sites for hydroxylation is 1. The minimum Gasteiger partial charge on any atom is -0.465 e. The fourth-order valence-electron chi connectivity index (χ4n) is 2.13. The highest BCUT2D eigenvalue weighted by molar-refractivity contribution is 5.90. The third kappa shape index (κ3) is 4.83. The van der Waals surface area contributed by atoms with Crippen LogP contribution in [0, 0.1) is 24.2 Å². The Morgan fingerprint density at radius 3 is 2.62 bits per heavy atom. The highest BCUT2D eigenvalue weighted by Gasteiger charge is 2.30. The summed E-state index contributed by atoms with van der Waals surface area (Å²) in [4.78, 5) is 25.5. The molecule has 0 radical (unpaired) electrons. The molecule has 0 spiro atoms. The van der Waals surface area contributed by atoms with Crippen LogP contribution in [0.4, 0.5) is 0 Å². The van der Waals surface area contributed by atoms with Crippen LogP contribution in [0.2, 0.25) is 0 Å². The van der Waals surface area contributed by atoms with Crippen LogP contribution in [0.3, 0.4) is 0 Å². The molecule has 0 saturated carbocycles. The van der Waals surface area contributed by atoms with Crippen LogP contribution in [0.5, 0.6) is 0 Å². The molecule has 1 heterocycles. The average molecular weight is 335 g/mol. The van der Waals surface area contributed by atoms with E-state index in [4.69, 9.17) is 4.42 Å². The van der Waals surface area contributed by atoms with E-state index in [-0.39, 0.29) is 18.4 Å². The van der Waals surface area contributed by atoms with Crippen molar-refractivity contribution >= 4 is 11.9 Å². The predicted octanol–water partition coefficient (Wildman–Crippen LogP) is 1.86. The SMILES string of the molecule is COC(=O)c1cc(CN(C)CC(=O)NC(C)(C#N)C(C)C)oc1C. The molecule has 1 amide bonds. The van der Waals surface area contributed by atoms with Crippen LogP contribution in [0.15, 0.2) is 10.5 Å². The number of furan rings is 1. The van der Waals surface area contributed by atoms with E-state index in [1.54, 1.807) is 31.9 Å². The molecular weight excluding hydrogens is 310 g/mol. The van der Waals surface area contributed by atoms with Gasteiger partial charge in [-0.15, -0.1) is 0 Å². The molecule has 1 atom stereocenters. The summed E-state index contributed by atoms with van der Waals surface area (Å²) in [6.45, 7) is 7.62. The summed E-state index contributed by atoms with van der Waals surface area (Å²) < 4.78 is 10.2. The van der Waals surface area contributed by atoms with Crippen LogP contribution in [0.25, 0.3) is 0 Å². The number of esters is 1. The lowest BCUT2D eigenvalue weighted by atomic mass is 9.90. The Bertz CT molecular complexity index is 645. The summed E-state index contributed by atoms with van der Waals surface area (Å²) in [5.74, 6) is 0.338. The third-order valence-corrected chi connectivity index (χ3v) is 4.00. The minimum absolute atomic E-state index is 0.00732. The number of amides is 1. The average Bonchev–Trinajstić information content (AvgIpc) is 2.85. The van der Waals surface area contributed by atoms with Gasteiger partial charge in [-0.25, -0.2) is 4.79 Å². The van der Waals surface area contributed by atoms with Crippen LogP contribution >= 0.6 is 0 Å². The highest BCUT2D eigenvalue weighted by Crippen LogP contribution is 2.17. The van der Waals surface area contributed by atoms with Gasteiger partial charge in [-0.3, -0.25) is 9.69 Å². The van der Waals surface area contributed by atoms with Gasteiger partial charge < -0.3 is 14.5 Å². The van der Waals surface area contributed by atoms with Gasteiger partial charge in [0.2, 0.25) is 5.91 Å². The van der Waals surface area contributed by atoms with E-state index in [2.05, 4.69) is 16.1 Å². The zero-order valence-electron chi connectivity index (χ0n) is 15.1. The highest BCUT2D eigenvalue weighted by atomic mass is 16.5. The molecule has 1 N–H and O–H groups in total.